The zero-order chi connectivity index (χ0) is 12.3. The van der Waals surface area contributed by atoms with Crippen LogP contribution in [0.3, 0.4) is 0 Å². The van der Waals surface area contributed by atoms with E-state index in [0.29, 0.717) is 10.8 Å². The number of hydrogen-bond donors (Lipinski definition) is 2. The molecule has 88 valence electrons. The van der Waals surface area contributed by atoms with Gasteiger partial charge in [-0.25, -0.2) is 9.97 Å². The lowest BCUT2D eigenvalue weighted by atomic mass is 10.5. The van der Waals surface area contributed by atoms with Gasteiger partial charge < -0.3 is 10.8 Å². The molecule has 0 radical (unpaired) electrons. The summed E-state index contributed by atoms with van der Waals surface area (Å²) < 4.78 is 1.49. The average Bonchev–Trinajstić information content (AvgIpc) is 2.69. The van der Waals surface area contributed by atoms with Gasteiger partial charge in [-0.15, -0.1) is 10.2 Å². The Hall–Kier alpha value is -2.16. The van der Waals surface area contributed by atoms with Gasteiger partial charge in [-0.1, -0.05) is 11.8 Å². The fourth-order valence-electron chi connectivity index (χ4n) is 1.15. The third kappa shape index (κ3) is 2.50. The first-order valence-electron chi connectivity index (χ1n) is 4.49. The number of anilines is 1. The van der Waals surface area contributed by atoms with Crippen LogP contribution < -0.4 is 5.73 Å². The van der Waals surface area contributed by atoms with Crippen molar-refractivity contribution in [1.29, 1.82) is 0 Å². The van der Waals surface area contributed by atoms with Gasteiger partial charge in [-0.05, 0) is 0 Å². The molecule has 3 N–H and O–H groups in total. The minimum atomic E-state index is -0.938. The highest BCUT2D eigenvalue weighted by Crippen LogP contribution is 2.21. The number of nitrogen functional groups attached to an aromatic ring is 1. The van der Waals surface area contributed by atoms with Crippen molar-refractivity contribution in [2.45, 2.75) is 5.16 Å². The second-order valence-electron chi connectivity index (χ2n) is 2.96. The Kier molecular flexibility index (Phi) is 3.19. The number of carboxylic acid groups (broad SMARTS) is 1. The van der Waals surface area contributed by atoms with Crippen LogP contribution in [0.4, 0.5) is 5.95 Å². The minimum Gasteiger partial charge on any atom is -0.481 e. The van der Waals surface area contributed by atoms with Crippen LogP contribution in [0.2, 0.25) is 0 Å². The molecule has 0 spiro atoms. The lowest BCUT2D eigenvalue weighted by Gasteiger charge is -2.05. The van der Waals surface area contributed by atoms with Crippen molar-refractivity contribution in [1.82, 2.24) is 24.7 Å². The van der Waals surface area contributed by atoms with Crippen molar-refractivity contribution in [3.05, 3.63) is 18.7 Å². The first-order chi connectivity index (χ1) is 8.18. The molecule has 9 heteroatoms. The monoisotopic (exact) mass is 252 g/mol. The van der Waals surface area contributed by atoms with E-state index in [9.17, 15) is 4.79 Å². The highest BCUT2D eigenvalue weighted by molar-refractivity contribution is 7.99. The first kappa shape index (κ1) is 11.3. The van der Waals surface area contributed by atoms with Crippen molar-refractivity contribution >= 4 is 23.7 Å². The molecule has 0 saturated carbocycles. The van der Waals surface area contributed by atoms with E-state index in [-0.39, 0.29) is 11.7 Å². The van der Waals surface area contributed by atoms with Gasteiger partial charge in [0, 0.05) is 0 Å². The molecule has 0 amide bonds. The van der Waals surface area contributed by atoms with Gasteiger partial charge in [-0.3, -0.25) is 9.36 Å². The predicted molar refractivity (Wildman–Crippen MR) is 59.7 cm³/mol. The molecule has 0 fully saturated rings. The maximum Gasteiger partial charge on any atom is 0.313 e. The highest BCUT2D eigenvalue weighted by Gasteiger charge is 2.13. The van der Waals surface area contributed by atoms with Gasteiger partial charge >= 0.3 is 5.97 Å². The van der Waals surface area contributed by atoms with Gasteiger partial charge in [0.2, 0.25) is 5.95 Å². The lowest BCUT2D eigenvalue weighted by molar-refractivity contribution is -0.133. The van der Waals surface area contributed by atoms with Crippen LogP contribution >= 0.6 is 11.8 Å². The van der Waals surface area contributed by atoms with Crippen molar-refractivity contribution in [2.75, 3.05) is 11.5 Å². The smallest absolute Gasteiger partial charge is 0.313 e. The third-order valence-corrected chi connectivity index (χ3v) is 2.70. The summed E-state index contributed by atoms with van der Waals surface area (Å²) in [4.78, 5) is 18.2. The van der Waals surface area contributed by atoms with Crippen LogP contribution in [0.15, 0.2) is 23.9 Å². The van der Waals surface area contributed by atoms with E-state index in [1.807, 2.05) is 0 Å². The number of carbonyl (C=O) groups is 1. The van der Waals surface area contributed by atoms with Crippen LogP contribution in [0.1, 0.15) is 0 Å². The van der Waals surface area contributed by atoms with E-state index in [0.717, 1.165) is 11.8 Å². The number of hydrogen-bond acceptors (Lipinski definition) is 7. The molecule has 2 heterocycles. The summed E-state index contributed by atoms with van der Waals surface area (Å²) in [6.45, 7) is 0. The highest BCUT2D eigenvalue weighted by atomic mass is 32.2. The normalized spacial score (nSPS) is 10.4. The quantitative estimate of drug-likeness (QED) is 0.719. The summed E-state index contributed by atoms with van der Waals surface area (Å²) in [7, 11) is 0. The second kappa shape index (κ2) is 4.78. The van der Waals surface area contributed by atoms with Crippen LogP contribution in [-0.4, -0.2) is 41.6 Å². The Balaban J connectivity index is 2.33. The molecule has 0 aromatic carbocycles. The molecule has 2 aromatic rings. The van der Waals surface area contributed by atoms with Crippen molar-refractivity contribution < 1.29 is 9.90 Å². The zero-order valence-corrected chi connectivity index (χ0v) is 9.33. The van der Waals surface area contributed by atoms with E-state index < -0.39 is 5.97 Å². The van der Waals surface area contributed by atoms with Gasteiger partial charge in [0.15, 0.2) is 5.16 Å². The number of aliphatic carboxylic acids is 1. The van der Waals surface area contributed by atoms with Crippen molar-refractivity contribution in [3.8, 4) is 5.69 Å². The van der Waals surface area contributed by atoms with E-state index in [4.69, 9.17) is 10.8 Å². The van der Waals surface area contributed by atoms with Crippen molar-refractivity contribution in [3.63, 3.8) is 0 Å². The topological polar surface area (TPSA) is 120 Å². The van der Waals surface area contributed by atoms with Crippen LogP contribution in [0, 0.1) is 0 Å². The van der Waals surface area contributed by atoms with E-state index in [1.54, 1.807) is 0 Å². The molecule has 2 aromatic heterocycles. The standard InChI is InChI=1S/C8H8N6O2S/c9-7-12-13-8(17-3-6(15)16)14(7)5-1-10-4-11-2-5/h1-2,4H,3H2,(H2,9,12)(H,15,16). The number of rotatable bonds is 4. The fraction of sp³-hybridized carbons (Fsp3) is 0.125. The first-order valence-corrected chi connectivity index (χ1v) is 5.48. The Labute approximate surface area is 99.9 Å². The summed E-state index contributed by atoms with van der Waals surface area (Å²) >= 11 is 1.03. The molecule has 8 nitrogen and oxygen atoms in total. The Bertz CT molecular complexity index is 528. The average molecular weight is 252 g/mol. The summed E-state index contributed by atoms with van der Waals surface area (Å²) in [5.41, 5.74) is 6.24. The summed E-state index contributed by atoms with van der Waals surface area (Å²) in [5.74, 6) is -0.897. The number of aromatic nitrogens is 5. The van der Waals surface area contributed by atoms with Gasteiger partial charge in [0.25, 0.3) is 0 Å². The maximum absolute atomic E-state index is 10.5. The molecular formula is C8H8N6O2S. The Morgan fingerprint density at radius 2 is 2.12 bits per heavy atom. The van der Waals surface area contributed by atoms with Crippen LogP contribution in [-0.2, 0) is 4.79 Å². The van der Waals surface area contributed by atoms with Gasteiger partial charge in [0.05, 0.1) is 23.8 Å². The molecule has 0 atom stereocenters. The van der Waals surface area contributed by atoms with E-state index >= 15 is 0 Å². The Morgan fingerprint density at radius 3 is 2.76 bits per heavy atom. The largest absolute Gasteiger partial charge is 0.481 e. The SMILES string of the molecule is Nc1nnc(SCC(=O)O)n1-c1cncnc1. The second-order valence-corrected chi connectivity index (χ2v) is 3.90. The van der Waals surface area contributed by atoms with Crippen molar-refractivity contribution in [2.24, 2.45) is 0 Å². The number of nitrogens with zero attached hydrogens (tertiary/aromatic N) is 5. The zero-order valence-electron chi connectivity index (χ0n) is 8.52. The third-order valence-electron chi connectivity index (χ3n) is 1.79. The predicted octanol–water partition coefficient (Wildman–Crippen LogP) is -0.184. The molecule has 17 heavy (non-hydrogen) atoms. The molecule has 0 aliphatic carbocycles. The van der Waals surface area contributed by atoms with Gasteiger partial charge in [-0.2, -0.15) is 0 Å². The van der Waals surface area contributed by atoms with Gasteiger partial charge in [0.1, 0.15) is 6.33 Å². The molecular weight excluding hydrogens is 244 g/mol. The molecule has 2 rings (SSSR count). The molecule has 0 unspecified atom stereocenters. The maximum atomic E-state index is 10.5. The Morgan fingerprint density at radius 1 is 1.41 bits per heavy atom. The summed E-state index contributed by atoms with van der Waals surface area (Å²) in [6, 6.07) is 0. The van der Waals surface area contributed by atoms with E-state index in [2.05, 4.69) is 20.2 Å². The van der Waals surface area contributed by atoms with E-state index in [1.165, 1.54) is 23.3 Å². The summed E-state index contributed by atoms with van der Waals surface area (Å²) in [5, 5.41) is 16.5. The van der Waals surface area contributed by atoms with Crippen LogP contribution in [0.5, 0.6) is 0 Å². The number of nitrogens with two attached hydrogens (primary N) is 1. The molecule has 0 bridgehead atoms. The molecule has 0 saturated heterocycles. The molecule has 0 aliphatic heterocycles. The molecule has 0 aliphatic rings. The fourth-order valence-corrected chi connectivity index (χ4v) is 1.83. The number of carboxylic acids is 1. The lowest BCUT2D eigenvalue weighted by Crippen LogP contribution is -2.05. The minimum absolute atomic E-state index is 0.119. The number of thioether (sulfide) groups is 1. The van der Waals surface area contributed by atoms with Crippen LogP contribution in [0.25, 0.3) is 5.69 Å². The summed E-state index contributed by atoms with van der Waals surface area (Å²) in [6.07, 6.45) is 4.46.